The molecule has 1 aromatic carbocycles. The van der Waals surface area contributed by atoms with Gasteiger partial charge in [0.05, 0.1) is 4.92 Å². The summed E-state index contributed by atoms with van der Waals surface area (Å²) in [5.74, 6) is 1.57. The van der Waals surface area contributed by atoms with Crippen LogP contribution in [0.4, 0.5) is 5.69 Å². The Kier molecular flexibility index (Phi) is 2.43. The van der Waals surface area contributed by atoms with E-state index < -0.39 is 0 Å². The van der Waals surface area contributed by atoms with Crippen molar-refractivity contribution in [3.05, 3.63) is 68.8 Å². The van der Waals surface area contributed by atoms with Gasteiger partial charge in [-0.3, -0.25) is 10.1 Å². The minimum absolute atomic E-state index is 0.144. The van der Waals surface area contributed by atoms with Crippen LogP contribution in [0, 0.1) is 22.0 Å². The van der Waals surface area contributed by atoms with E-state index in [9.17, 15) is 10.1 Å². The summed E-state index contributed by atoms with van der Waals surface area (Å²) in [5, 5.41) is 10.6. The zero-order chi connectivity index (χ0) is 13.7. The van der Waals surface area contributed by atoms with Gasteiger partial charge in [-0.15, -0.1) is 0 Å². The molecule has 2 fully saturated rings. The second-order valence-electron chi connectivity index (χ2n) is 5.90. The van der Waals surface area contributed by atoms with Crippen molar-refractivity contribution in [1.82, 2.24) is 0 Å². The van der Waals surface area contributed by atoms with Gasteiger partial charge in [-0.2, -0.15) is 0 Å². The minimum Gasteiger partial charge on any atom is -0.258 e. The van der Waals surface area contributed by atoms with Crippen LogP contribution in [0.2, 0.25) is 0 Å². The molecule has 100 valence electrons. The minimum atomic E-state index is -0.363. The first-order valence-electron chi connectivity index (χ1n) is 7.10. The molecule has 0 amide bonds. The lowest BCUT2D eigenvalue weighted by Crippen LogP contribution is -1.99. The third-order valence-electron chi connectivity index (χ3n) is 4.73. The van der Waals surface area contributed by atoms with Crippen LogP contribution in [0.1, 0.15) is 24.8 Å². The highest BCUT2D eigenvalue weighted by Gasteiger charge is 2.40. The molecule has 2 atom stereocenters. The number of fused-ring (bicyclic) bond motifs is 5. The summed E-state index contributed by atoms with van der Waals surface area (Å²) in [6.07, 6.45) is 10.8. The van der Waals surface area contributed by atoms with Crippen molar-refractivity contribution in [1.29, 1.82) is 0 Å². The number of rotatable bonds is 2. The highest BCUT2D eigenvalue weighted by atomic mass is 16.6. The third-order valence-corrected chi connectivity index (χ3v) is 4.73. The number of non-ortho nitro benzene ring substituents is 1. The van der Waals surface area contributed by atoms with Crippen LogP contribution >= 0.6 is 0 Å². The van der Waals surface area contributed by atoms with Crippen LogP contribution in [0.5, 0.6) is 0 Å². The van der Waals surface area contributed by atoms with Gasteiger partial charge in [0.15, 0.2) is 0 Å². The van der Waals surface area contributed by atoms with Crippen LogP contribution < -0.4 is 0 Å². The molecule has 3 heteroatoms. The van der Waals surface area contributed by atoms with Gasteiger partial charge in [0.25, 0.3) is 5.69 Å². The smallest absolute Gasteiger partial charge is 0.258 e. The van der Waals surface area contributed by atoms with Crippen molar-refractivity contribution in [3.63, 3.8) is 0 Å². The summed E-state index contributed by atoms with van der Waals surface area (Å²) in [6, 6.07) is 6.74. The molecule has 4 rings (SSSR count). The van der Waals surface area contributed by atoms with Gasteiger partial charge in [-0.05, 0) is 71.6 Å². The van der Waals surface area contributed by atoms with Gasteiger partial charge >= 0.3 is 0 Å². The van der Waals surface area contributed by atoms with E-state index in [-0.39, 0.29) is 10.6 Å². The highest BCUT2D eigenvalue weighted by Crippen LogP contribution is 2.54. The summed E-state index contributed by atoms with van der Waals surface area (Å²) in [4.78, 5) is 10.3. The first-order valence-corrected chi connectivity index (χ1v) is 7.10. The standard InChI is InChI=1S/C17H15NO2/c19-18(20)15-5-1-11(2-6-15)7-12-8-16-13-3-4-14(10-13)17(16)9-12/h1-2,5-9,13-14H,3-4,10H2/t13-,14-/m0/s1. The van der Waals surface area contributed by atoms with Crippen molar-refractivity contribution in [2.45, 2.75) is 19.3 Å². The Bertz CT molecular complexity index is 651. The maximum absolute atomic E-state index is 10.6. The Balaban J connectivity index is 1.63. The zero-order valence-electron chi connectivity index (χ0n) is 11.1. The Hall–Kier alpha value is -2.16. The fourth-order valence-electron chi connectivity index (χ4n) is 3.79. The van der Waals surface area contributed by atoms with Gasteiger partial charge in [0, 0.05) is 12.1 Å². The van der Waals surface area contributed by atoms with Gasteiger partial charge in [0.2, 0.25) is 0 Å². The fourth-order valence-corrected chi connectivity index (χ4v) is 3.79. The van der Waals surface area contributed by atoms with Crippen LogP contribution in [0.25, 0.3) is 6.08 Å². The first-order chi connectivity index (χ1) is 9.70. The van der Waals surface area contributed by atoms with E-state index in [2.05, 4.69) is 18.2 Å². The lowest BCUT2D eigenvalue weighted by atomic mass is 9.92. The van der Waals surface area contributed by atoms with E-state index in [4.69, 9.17) is 0 Å². The number of nitrogens with zero attached hydrogens (tertiary/aromatic N) is 1. The van der Waals surface area contributed by atoms with Gasteiger partial charge < -0.3 is 0 Å². The van der Waals surface area contributed by atoms with Gasteiger partial charge in [-0.25, -0.2) is 0 Å². The molecule has 0 saturated heterocycles. The fraction of sp³-hybridized carbons (Fsp3) is 0.294. The summed E-state index contributed by atoms with van der Waals surface area (Å²) in [5.41, 5.74) is 5.50. The quantitative estimate of drug-likeness (QED) is 0.592. The molecule has 0 radical (unpaired) electrons. The molecule has 0 unspecified atom stereocenters. The van der Waals surface area contributed by atoms with Crippen LogP contribution in [0.15, 0.2) is 53.1 Å². The van der Waals surface area contributed by atoms with E-state index in [1.807, 2.05) is 12.1 Å². The molecule has 2 bridgehead atoms. The Labute approximate surface area is 117 Å². The van der Waals surface area contributed by atoms with Crippen LogP contribution in [-0.2, 0) is 0 Å². The lowest BCUT2D eigenvalue weighted by molar-refractivity contribution is -0.384. The maximum atomic E-state index is 10.6. The molecule has 0 heterocycles. The van der Waals surface area contributed by atoms with E-state index >= 15 is 0 Å². The Morgan fingerprint density at radius 2 is 1.65 bits per heavy atom. The van der Waals surface area contributed by atoms with Crippen molar-refractivity contribution in [2.24, 2.45) is 11.8 Å². The molecule has 1 aromatic rings. The number of hydrogen-bond acceptors (Lipinski definition) is 2. The number of nitro benzene ring substituents is 1. The zero-order valence-corrected chi connectivity index (χ0v) is 11.1. The first kappa shape index (κ1) is 11.6. The molecule has 2 saturated carbocycles. The molecule has 3 aliphatic rings. The molecule has 0 aliphatic heterocycles. The topological polar surface area (TPSA) is 43.1 Å². The van der Waals surface area contributed by atoms with E-state index in [0.29, 0.717) is 0 Å². The molecule has 0 N–H and O–H groups in total. The molecular weight excluding hydrogens is 250 g/mol. The second kappa shape index (κ2) is 4.17. The lowest BCUT2D eigenvalue weighted by Gasteiger charge is -2.12. The molecule has 3 nitrogen and oxygen atoms in total. The average Bonchev–Trinajstić information content (AvgIpc) is 3.10. The predicted octanol–water partition coefficient (Wildman–Crippen LogP) is 4.27. The van der Waals surface area contributed by atoms with Crippen molar-refractivity contribution in [3.8, 4) is 0 Å². The largest absolute Gasteiger partial charge is 0.269 e. The Morgan fingerprint density at radius 3 is 2.20 bits per heavy atom. The SMILES string of the molecule is O=[N+]([O-])c1ccc(C=C2C=C3C(=C2)[C@H]2CC[C@H]3C2)cc1. The predicted molar refractivity (Wildman–Crippen MR) is 78.1 cm³/mol. The molecule has 20 heavy (non-hydrogen) atoms. The number of hydrogen-bond donors (Lipinski definition) is 0. The van der Waals surface area contributed by atoms with E-state index in [1.165, 1.54) is 24.8 Å². The number of nitro groups is 1. The molecule has 3 aliphatic carbocycles. The van der Waals surface area contributed by atoms with E-state index in [0.717, 1.165) is 17.4 Å². The third kappa shape index (κ3) is 1.73. The monoisotopic (exact) mass is 265 g/mol. The molecule has 0 aromatic heterocycles. The number of benzene rings is 1. The van der Waals surface area contributed by atoms with Gasteiger partial charge in [0.1, 0.15) is 0 Å². The number of allylic oxidation sites excluding steroid dienone is 5. The van der Waals surface area contributed by atoms with Gasteiger partial charge in [-0.1, -0.05) is 12.2 Å². The molecular formula is C17H15NO2. The maximum Gasteiger partial charge on any atom is 0.269 e. The van der Waals surface area contributed by atoms with E-state index in [1.54, 1.807) is 23.3 Å². The van der Waals surface area contributed by atoms with Crippen LogP contribution in [-0.4, -0.2) is 4.92 Å². The summed E-state index contributed by atoms with van der Waals surface area (Å²) in [6.45, 7) is 0. The van der Waals surface area contributed by atoms with Crippen LogP contribution in [0.3, 0.4) is 0 Å². The van der Waals surface area contributed by atoms with Crippen molar-refractivity contribution in [2.75, 3.05) is 0 Å². The summed E-state index contributed by atoms with van der Waals surface area (Å²) in [7, 11) is 0. The normalized spacial score (nSPS) is 26.3. The van der Waals surface area contributed by atoms with Crippen molar-refractivity contribution < 1.29 is 4.92 Å². The summed E-state index contributed by atoms with van der Waals surface area (Å²) < 4.78 is 0. The average molecular weight is 265 g/mol. The second-order valence-corrected chi connectivity index (χ2v) is 5.90. The van der Waals surface area contributed by atoms with Crippen molar-refractivity contribution >= 4 is 11.8 Å². The highest BCUT2D eigenvalue weighted by molar-refractivity contribution is 5.68. The molecule has 0 spiro atoms. The Morgan fingerprint density at radius 1 is 1.05 bits per heavy atom. The summed E-state index contributed by atoms with van der Waals surface area (Å²) >= 11 is 0.